The predicted molar refractivity (Wildman–Crippen MR) is 117 cm³/mol. The first-order chi connectivity index (χ1) is 11.4. The number of aliphatic hydroxyl groups is 1. The average molecular weight is 385 g/mol. The van der Waals surface area contributed by atoms with E-state index in [1.165, 1.54) is 25.7 Å². The highest BCUT2D eigenvalue weighted by Crippen LogP contribution is 2.36. The van der Waals surface area contributed by atoms with Crippen LogP contribution in [0, 0.1) is 11.5 Å². The van der Waals surface area contributed by atoms with Crippen molar-refractivity contribution in [3.05, 3.63) is 0 Å². The van der Waals surface area contributed by atoms with Crippen molar-refractivity contribution in [3.8, 4) is 11.5 Å². The Kier molecular flexibility index (Phi) is 11.6. The standard InChI is InChI=1S/C21H44O2Si2/c1-21(2,3)25(7,8)23-18-14-11-9-10-12-16-20(22)17-13-15-19-24(4,5)6/h20,22H,9-14,16-18H2,1-8H3. The highest BCUT2D eigenvalue weighted by Gasteiger charge is 2.36. The molecule has 0 amide bonds. The lowest BCUT2D eigenvalue weighted by Crippen LogP contribution is -2.40. The molecule has 0 radical (unpaired) electrons. The van der Waals surface area contributed by atoms with Crippen molar-refractivity contribution < 1.29 is 9.53 Å². The zero-order valence-corrected chi connectivity index (χ0v) is 20.3. The molecule has 0 aromatic carbocycles. The highest BCUT2D eigenvalue weighted by atomic mass is 28.4. The van der Waals surface area contributed by atoms with Gasteiger partial charge in [-0.3, -0.25) is 0 Å². The van der Waals surface area contributed by atoms with Crippen LogP contribution in [-0.4, -0.2) is 34.2 Å². The molecule has 0 heterocycles. The number of rotatable bonds is 11. The summed E-state index contributed by atoms with van der Waals surface area (Å²) < 4.78 is 6.21. The molecule has 0 saturated heterocycles. The van der Waals surface area contributed by atoms with Gasteiger partial charge in [-0.25, -0.2) is 0 Å². The smallest absolute Gasteiger partial charge is 0.191 e. The van der Waals surface area contributed by atoms with Crippen molar-refractivity contribution in [2.75, 3.05) is 6.61 Å². The van der Waals surface area contributed by atoms with Gasteiger partial charge in [0.25, 0.3) is 0 Å². The Morgan fingerprint density at radius 1 is 0.880 bits per heavy atom. The fraction of sp³-hybridized carbons (Fsp3) is 0.905. The van der Waals surface area contributed by atoms with Gasteiger partial charge < -0.3 is 9.53 Å². The van der Waals surface area contributed by atoms with E-state index in [2.05, 4.69) is 65.0 Å². The molecular formula is C21H44O2Si2. The maximum absolute atomic E-state index is 10.0. The Balaban J connectivity index is 3.59. The van der Waals surface area contributed by atoms with Crippen LogP contribution in [0.15, 0.2) is 0 Å². The lowest BCUT2D eigenvalue weighted by atomic mass is 10.1. The van der Waals surface area contributed by atoms with Crippen molar-refractivity contribution in [2.45, 2.75) is 116 Å². The molecule has 0 fully saturated rings. The summed E-state index contributed by atoms with van der Waals surface area (Å²) in [6.45, 7) is 19.2. The van der Waals surface area contributed by atoms with Gasteiger partial charge in [-0.1, -0.05) is 66.1 Å². The van der Waals surface area contributed by atoms with Crippen LogP contribution in [0.25, 0.3) is 0 Å². The summed E-state index contributed by atoms with van der Waals surface area (Å²) in [5, 5.41) is 10.3. The van der Waals surface area contributed by atoms with E-state index in [-0.39, 0.29) is 6.10 Å². The van der Waals surface area contributed by atoms with E-state index in [1.807, 2.05) is 0 Å². The summed E-state index contributed by atoms with van der Waals surface area (Å²) in [6.07, 6.45) is 8.45. The van der Waals surface area contributed by atoms with Gasteiger partial charge in [-0.15, -0.1) is 11.5 Å². The molecule has 4 heteroatoms. The fourth-order valence-electron chi connectivity index (χ4n) is 2.27. The predicted octanol–water partition coefficient (Wildman–Crippen LogP) is 6.37. The van der Waals surface area contributed by atoms with E-state index < -0.39 is 16.4 Å². The van der Waals surface area contributed by atoms with E-state index in [1.54, 1.807) is 0 Å². The minimum absolute atomic E-state index is 0.169. The van der Waals surface area contributed by atoms with Crippen LogP contribution < -0.4 is 0 Å². The SMILES string of the molecule is CC(C)(C)[Si](C)(C)OCCCCCCCC(O)CCC#C[Si](C)(C)C. The molecule has 148 valence electrons. The summed E-state index contributed by atoms with van der Waals surface area (Å²) >= 11 is 0. The summed E-state index contributed by atoms with van der Waals surface area (Å²) in [6, 6.07) is 0. The Labute approximate surface area is 160 Å². The van der Waals surface area contributed by atoms with Gasteiger partial charge in [0.05, 0.1) is 6.10 Å². The maximum atomic E-state index is 10.0. The Morgan fingerprint density at radius 2 is 1.44 bits per heavy atom. The van der Waals surface area contributed by atoms with Crippen LogP contribution in [-0.2, 0) is 4.43 Å². The Morgan fingerprint density at radius 3 is 2.00 bits per heavy atom. The average Bonchev–Trinajstić information content (AvgIpc) is 2.44. The van der Waals surface area contributed by atoms with Gasteiger partial charge in [-0.2, -0.15) is 0 Å². The molecule has 1 N–H and O–H groups in total. The summed E-state index contributed by atoms with van der Waals surface area (Å²) in [4.78, 5) is 0. The van der Waals surface area contributed by atoms with Crippen molar-refractivity contribution >= 4 is 16.4 Å². The minimum Gasteiger partial charge on any atom is -0.417 e. The Hall–Kier alpha value is -0.0862. The number of aliphatic hydroxyl groups excluding tert-OH is 1. The quantitative estimate of drug-likeness (QED) is 0.255. The van der Waals surface area contributed by atoms with Gasteiger partial charge >= 0.3 is 0 Å². The van der Waals surface area contributed by atoms with Crippen molar-refractivity contribution in [3.63, 3.8) is 0 Å². The molecule has 1 atom stereocenters. The lowest BCUT2D eigenvalue weighted by molar-refractivity contribution is 0.152. The molecule has 0 aromatic heterocycles. The summed E-state index contributed by atoms with van der Waals surface area (Å²) in [5.74, 6) is 3.24. The van der Waals surface area contributed by atoms with Crippen LogP contribution in [0.2, 0.25) is 37.8 Å². The normalized spacial score (nSPS) is 14.1. The van der Waals surface area contributed by atoms with Crippen molar-refractivity contribution in [1.29, 1.82) is 0 Å². The van der Waals surface area contributed by atoms with Crippen LogP contribution >= 0.6 is 0 Å². The first kappa shape index (κ1) is 24.9. The lowest BCUT2D eigenvalue weighted by Gasteiger charge is -2.36. The highest BCUT2D eigenvalue weighted by molar-refractivity contribution is 6.83. The molecule has 0 aliphatic rings. The van der Waals surface area contributed by atoms with Gasteiger partial charge in [0.1, 0.15) is 8.07 Å². The number of hydrogen-bond acceptors (Lipinski definition) is 2. The van der Waals surface area contributed by atoms with E-state index in [4.69, 9.17) is 4.43 Å². The fourth-order valence-corrected chi connectivity index (χ4v) is 4.01. The molecule has 25 heavy (non-hydrogen) atoms. The van der Waals surface area contributed by atoms with Gasteiger partial charge in [0, 0.05) is 13.0 Å². The van der Waals surface area contributed by atoms with E-state index in [9.17, 15) is 5.11 Å². The second kappa shape index (κ2) is 11.6. The monoisotopic (exact) mass is 384 g/mol. The van der Waals surface area contributed by atoms with Crippen molar-refractivity contribution in [2.24, 2.45) is 0 Å². The van der Waals surface area contributed by atoms with Crippen LogP contribution in [0.4, 0.5) is 0 Å². The van der Waals surface area contributed by atoms with Gasteiger partial charge in [-0.05, 0) is 37.4 Å². The topological polar surface area (TPSA) is 29.5 Å². The van der Waals surface area contributed by atoms with Crippen LogP contribution in [0.3, 0.4) is 0 Å². The summed E-state index contributed by atoms with van der Waals surface area (Å²) in [5.41, 5.74) is 3.36. The molecular weight excluding hydrogens is 340 g/mol. The third-order valence-electron chi connectivity index (χ3n) is 5.02. The van der Waals surface area contributed by atoms with Gasteiger partial charge in [0.15, 0.2) is 8.32 Å². The first-order valence-corrected chi connectivity index (χ1v) is 16.6. The molecule has 1 unspecified atom stereocenters. The molecule has 0 spiro atoms. The van der Waals surface area contributed by atoms with Crippen LogP contribution in [0.5, 0.6) is 0 Å². The molecule has 2 nitrogen and oxygen atoms in total. The van der Waals surface area contributed by atoms with Crippen LogP contribution in [0.1, 0.15) is 72.1 Å². The molecule has 0 bridgehead atoms. The van der Waals surface area contributed by atoms with E-state index >= 15 is 0 Å². The second-order valence-corrected chi connectivity index (χ2v) is 19.5. The third kappa shape index (κ3) is 13.7. The minimum atomic E-state index is -1.56. The third-order valence-corrected chi connectivity index (χ3v) is 10.5. The maximum Gasteiger partial charge on any atom is 0.191 e. The zero-order chi connectivity index (χ0) is 19.6. The molecule has 0 aliphatic carbocycles. The Bertz CT molecular complexity index is 408. The van der Waals surface area contributed by atoms with E-state index in [0.717, 1.165) is 32.3 Å². The molecule has 0 rings (SSSR count). The zero-order valence-electron chi connectivity index (χ0n) is 18.3. The van der Waals surface area contributed by atoms with Crippen molar-refractivity contribution in [1.82, 2.24) is 0 Å². The molecule has 0 aliphatic heterocycles. The molecule has 0 saturated carbocycles. The van der Waals surface area contributed by atoms with E-state index in [0.29, 0.717) is 5.04 Å². The second-order valence-electron chi connectivity index (χ2n) is 9.91. The summed E-state index contributed by atoms with van der Waals surface area (Å²) in [7, 11) is -2.81. The number of hydrogen-bond donors (Lipinski definition) is 1. The molecule has 0 aromatic rings. The first-order valence-electron chi connectivity index (χ1n) is 10.2. The number of unbranched alkanes of at least 4 members (excludes halogenated alkanes) is 4. The largest absolute Gasteiger partial charge is 0.417 e. The van der Waals surface area contributed by atoms with Gasteiger partial charge in [0.2, 0.25) is 0 Å².